The van der Waals surface area contributed by atoms with Crippen LogP contribution in [0, 0.1) is 0 Å². The van der Waals surface area contributed by atoms with Crippen LogP contribution in [0.5, 0.6) is 0 Å². The highest BCUT2D eigenvalue weighted by atomic mass is 19.0. The van der Waals surface area contributed by atoms with Gasteiger partial charge in [-0.05, 0) is 154 Å². The number of morpholine rings is 14. The van der Waals surface area contributed by atoms with Gasteiger partial charge in [-0.1, -0.05) is 0 Å². The Hall–Kier alpha value is -2.76. The lowest BCUT2D eigenvalue weighted by molar-refractivity contribution is -0.0230. The molecule has 0 spiro atoms. The van der Waals surface area contributed by atoms with Crippen LogP contribution >= 0.6 is 0 Å². The fourth-order valence-corrected chi connectivity index (χ4v) is 15.9. The number of nitrogens with zero attached hydrogens (tertiary/aromatic N) is 14. The molecule has 20 saturated heterocycles. The van der Waals surface area contributed by atoms with E-state index in [-0.39, 0.29) is 94.1 Å². The van der Waals surface area contributed by atoms with Gasteiger partial charge < -0.3 is 134 Å². The summed E-state index contributed by atoms with van der Waals surface area (Å²) in [5, 5.41) is 0. The van der Waals surface area contributed by atoms with E-state index in [1.54, 1.807) is 0 Å². The maximum Gasteiger partial charge on any atom is 0.0702 e. The Bertz CT molecular complexity index is 2110. The van der Waals surface area contributed by atoms with E-state index in [4.69, 9.17) is 94.7 Å². The van der Waals surface area contributed by atoms with E-state index in [0.29, 0.717) is 36.6 Å². The monoisotopic (exact) mass is 2250 g/mol. The molecule has 20 aliphatic rings. The van der Waals surface area contributed by atoms with Crippen molar-refractivity contribution in [2.75, 3.05) is 491 Å². The van der Waals surface area contributed by atoms with Crippen molar-refractivity contribution in [3.63, 3.8) is 0 Å². The van der Waals surface area contributed by atoms with Crippen LogP contribution in [0.3, 0.4) is 0 Å². The Morgan fingerprint density at radius 2 is 0.275 bits per heavy atom. The van der Waals surface area contributed by atoms with Gasteiger partial charge in [-0.15, -0.1) is 0 Å². The topological polar surface area (TPSA) is 230 Å². The van der Waals surface area contributed by atoms with E-state index in [2.05, 4.69) is 139 Å². The van der Waals surface area contributed by atoms with Crippen molar-refractivity contribution in [2.24, 2.45) is 0 Å². The van der Waals surface area contributed by atoms with E-state index in [0.717, 1.165) is 441 Å². The Kier molecular flexibility index (Phi) is 149. The summed E-state index contributed by atoms with van der Waals surface area (Å²) in [5.41, 5.74) is 0. The zero-order valence-electron chi connectivity index (χ0n) is 91.9. The molecule has 20 heterocycles. The second-order valence-electron chi connectivity index (χ2n) is 36.8. The molecule has 0 aromatic rings. The molecule has 6 atom stereocenters. The predicted molar refractivity (Wildman–Crippen MR) is 560 cm³/mol. The van der Waals surface area contributed by atoms with Crippen LogP contribution in [-0.4, -0.2) is 596 Å². The van der Waals surface area contributed by atoms with Gasteiger partial charge in [0.1, 0.15) is 0 Å². The largest absolute Gasteiger partial charge is 0.379 e. The van der Waals surface area contributed by atoms with E-state index < -0.39 is 0 Å². The molecule has 0 radical (unpaired) electrons. The van der Waals surface area contributed by atoms with Crippen LogP contribution in [0.2, 0.25) is 0 Å². The molecule has 20 rings (SSSR count). The number of likely N-dealkylation sites (N-methyl/N-ethyl adjacent to an activating group) is 8. The smallest absolute Gasteiger partial charge is 0.0702 e. The van der Waals surface area contributed by atoms with Gasteiger partial charge in [0.25, 0.3) is 0 Å². The van der Waals surface area contributed by atoms with Crippen molar-refractivity contribution in [1.82, 2.24) is 68.6 Å². The van der Waals surface area contributed by atoms with E-state index in [1.165, 1.54) is 77.0 Å². The van der Waals surface area contributed by atoms with Crippen molar-refractivity contribution in [3.05, 3.63) is 0 Å². The minimum Gasteiger partial charge on any atom is -0.379 e. The maximum atomic E-state index is 5.57. The summed E-state index contributed by atoms with van der Waals surface area (Å²) in [7, 11) is 16.9. The van der Waals surface area contributed by atoms with Gasteiger partial charge >= 0.3 is 0 Å². The number of hydrogen-bond acceptors (Lipinski definition) is 34. The lowest BCUT2D eigenvalue weighted by Crippen LogP contribution is -2.47. The molecule has 0 aliphatic carbocycles. The summed E-state index contributed by atoms with van der Waals surface area (Å²) in [4.78, 5) is 32.8. The normalized spacial score (nSPS) is 25.2. The fraction of sp³-hybridized carbons (Fsp3) is 1.00. The lowest BCUT2D eigenvalue weighted by Gasteiger charge is -2.34. The second-order valence-corrected chi connectivity index (χ2v) is 36.8. The van der Waals surface area contributed by atoms with Crippen molar-refractivity contribution in [1.29, 1.82) is 0 Å². The minimum atomic E-state index is 0. The number of rotatable bonds is 10. The molecule has 20 aliphatic heterocycles. The summed E-state index contributed by atoms with van der Waals surface area (Å²) < 4.78 is 105. The average Bonchev–Trinajstić information content (AvgIpc) is 1.63. The molecule has 0 aromatic heterocycles. The first-order chi connectivity index (χ1) is 63.2. The van der Waals surface area contributed by atoms with E-state index >= 15 is 0 Å². The van der Waals surface area contributed by atoms with Crippen molar-refractivity contribution in [2.45, 2.75) is 134 Å². The van der Waals surface area contributed by atoms with Crippen LogP contribution in [0.25, 0.3) is 0 Å². The summed E-state index contributed by atoms with van der Waals surface area (Å²) in [6.45, 7) is 70.4. The molecule has 54 heteroatoms. The van der Waals surface area contributed by atoms with Crippen LogP contribution in [0.15, 0.2) is 0 Å². The van der Waals surface area contributed by atoms with E-state index in [1.807, 2.05) is 0 Å². The SMILES string of the molecule is C1CN(CN2CCOCC2)CCO1.C1CN(CN2CCOCC2)CCO1.C1COC(CC2CCCO2)C1.C1COC(CN2CCOCC2)C1.C1COC(CN2CCOCC2)C1.CC1CCCO1.CC1CCCO1.CN1CCOCC1.CN1CCOCC1.CN1CCOCC1.CN1CCOCC1.CN1CCOCC1.CN1CCOCC1.CN1CCOCC1.CN1CCOCC1.F.F.F.F.F.F.F.F.F.F.F.F.F.F.F.F.F.F.F.F. The van der Waals surface area contributed by atoms with Gasteiger partial charge in [-0.25, -0.2) is 0 Å². The Balaban J connectivity index is -0.0000000990. The third-order valence-corrected chi connectivity index (χ3v) is 25.2. The van der Waals surface area contributed by atoms with Crippen LogP contribution < -0.4 is 0 Å². The number of halogens is 20. The van der Waals surface area contributed by atoms with Gasteiger partial charge in [-0.2, -0.15) is 0 Å². The molecule has 0 saturated carbocycles. The Morgan fingerprint density at radius 3 is 0.383 bits per heavy atom. The van der Waals surface area contributed by atoms with Gasteiger partial charge in [0.15, 0.2) is 0 Å². The molecular weight excluding hydrogens is 2040 g/mol. The molecule has 0 bridgehead atoms. The summed E-state index contributed by atoms with van der Waals surface area (Å²) in [6.07, 6.45) is 19.3. The first kappa shape index (κ1) is 179. The zero-order chi connectivity index (χ0) is 91.6. The molecule has 0 aromatic carbocycles. The minimum absolute atomic E-state index is 0. The molecule has 20 fully saturated rings. The first-order valence-electron chi connectivity index (χ1n) is 50.8. The van der Waals surface area contributed by atoms with Gasteiger partial charge in [0, 0.05) is 236 Å². The Labute approximate surface area is 878 Å². The van der Waals surface area contributed by atoms with Crippen LogP contribution in [-0.2, 0) is 94.7 Å². The van der Waals surface area contributed by atoms with Crippen molar-refractivity contribution < 1.29 is 189 Å². The standard InChI is InChI=1S/2C9H18N2O2.2C9H17NO2.C9H16O2.8C5H11NO.2C5H10O.20FH/c2*1-5-12-6-2-10(1)9-11-3-7-13-8-4-11;2*1-2-9(12-5-1)8-10-3-6-11-7-4-10;1-3-8(10-5-1)7-9-4-2-6-11-9;8*1-6-2-4-7-5-3-6;2*1-5-3-2-4-6-5;;;;;;;;;;;;;;;;;;;;/h2*1-9H2;2*9H,1-8H2;8-9H,1-7H2;8*2-5H2,1H3;2*5H,2-4H2,1H3;20*1H. The summed E-state index contributed by atoms with van der Waals surface area (Å²) in [6, 6.07) is 0. The highest BCUT2D eigenvalue weighted by Crippen LogP contribution is 2.24. The molecule has 6 unspecified atom stereocenters. The van der Waals surface area contributed by atoms with Crippen molar-refractivity contribution in [3.8, 4) is 0 Å². The molecule has 34 nitrogen and oxygen atoms in total. The highest BCUT2D eigenvalue weighted by molar-refractivity contribution is 4.77. The molecule has 0 N–H and O–H groups in total. The van der Waals surface area contributed by atoms with E-state index in [9.17, 15) is 0 Å². The quantitative estimate of drug-likeness (QED) is 0.201. The highest BCUT2D eigenvalue weighted by Gasteiger charge is 2.26. The zero-order valence-corrected chi connectivity index (χ0v) is 91.9. The molecular formula is C95H214F20N14O20. The lowest BCUT2D eigenvalue weighted by atomic mass is 10.1. The third kappa shape index (κ3) is 102. The average molecular weight is 2250 g/mol. The first-order valence-corrected chi connectivity index (χ1v) is 50.8. The Morgan fingerprint density at radius 1 is 0.148 bits per heavy atom. The maximum absolute atomic E-state index is 5.57. The molecule has 149 heavy (non-hydrogen) atoms. The summed E-state index contributed by atoms with van der Waals surface area (Å²) >= 11 is 0. The summed E-state index contributed by atoms with van der Waals surface area (Å²) in [5.74, 6) is 0. The predicted octanol–water partition coefficient (Wildman–Crippen LogP) is 6.95. The third-order valence-electron chi connectivity index (χ3n) is 25.2. The van der Waals surface area contributed by atoms with Crippen molar-refractivity contribution >= 4 is 0 Å². The number of hydrogen-bond donors (Lipinski definition) is 0. The van der Waals surface area contributed by atoms with Crippen LogP contribution in [0.4, 0.5) is 94.1 Å². The van der Waals surface area contributed by atoms with Gasteiger partial charge in [0.05, 0.1) is 235 Å². The van der Waals surface area contributed by atoms with Gasteiger partial charge in [-0.3, -0.25) is 123 Å². The van der Waals surface area contributed by atoms with Crippen LogP contribution in [0.1, 0.15) is 97.3 Å². The van der Waals surface area contributed by atoms with Gasteiger partial charge in [0.2, 0.25) is 0 Å². The molecule has 924 valence electrons. The molecule has 0 amide bonds. The second kappa shape index (κ2) is 124. The number of ether oxygens (including phenoxy) is 20. The fourth-order valence-electron chi connectivity index (χ4n) is 15.9.